The number of unbranched alkanes of at least 4 members (excludes halogenated alkanes) is 1. The number of fused-ring (bicyclic) bond motifs is 2. The van der Waals surface area contributed by atoms with Crippen LogP contribution in [0, 0.1) is 0 Å². The summed E-state index contributed by atoms with van der Waals surface area (Å²) < 4.78 is 104. The van der Waals surface area contributed by atoms with Crippen molar-refractivity contribution >= 4 is 29.3 Å². The fourth-order valence-electron chi connectivity index (χ4n) is 4.95. The van der Waals surface area contributed by atoms with E-state index in [9.17, 15) is 45.5 Å². The topological polar surface area (TPSA) is 118 Å². The van der Waals surface area contributed by atoms with Gasteiger partial charge in [-0.2, -0.15) is 26.3 Å². The van der Waals surface area contributed by atoms with Gasteiger partial charge in [0, 0.05) is 32.2 Å². The summed E-state index contributed by atoms with van der Waals surface area (Å²) in [6.07, 6.45) is -8.36. The van der Waals surface area contributed by atoms with Gasteiger partial charge in [-0.25, -0.2) is 9.59 Å². The normalized spacial score (nSPS) is 16.4. The summed E-state index contributed by atoms with van der Waals surface area (Å²) in [5.41, 5.74) is -5.76. The van der Waals surface area contributed by atoms with E-state index >= 15 is 0 Å². The Balaban J connectivity index is 0.000000269. The quantitative estimate of drug-likeness (QED) is 0.190. The highest BCUT2D eigenvalue weighted by Gasteiger charge is 2.45. The summed E-state index contributed by atoms with van der Waals surface area (Å²) >= 11 is 0. The van der Waals surface area contributed by atoms with Crippen LogP contribution < -0.4 is 14.4 Å². The van der Waals surface area contributed by atoms with Crippen molar-refractivity contribution in [3.8, 4) is 11.5 Å². The fraction of sp³-hybridized carbons (Fsp3) is 0.500. The SMILES string of the molecule is COC(=O)c1cc2c(cc1C(F)(F)F)OC(C)(C)C(=O)C2.COCCCCN1C(=O)C(C)(C)Oc2cc(C(F)(F)F)c(C(=O)OC)cc21. The Hall–Kier alpha value is -4.34. The van der Waals surface area contributed by atoms with Crippen LogP contribution >= 0.6 is 0 Å². The monoisotopic (exact) mass is 691 g/mol. The highest BCUT2D eigenvalue weighted by Crippen LogP contribution is 2.44. The molecule has 0 N–H and O–H groups in total. The maximum Gasteiger partial charge on any atom is 0.417 e. The van der Waals surface area contributed by atoms with Gasteiger partial charge in [0.15, 0.2) is 17.0 Å². The number of ether oxygens (including phenoxy) is 5. The van der Waals surface area contributed by atoms with E-state index in [0.717, 1.165) is 38.5 Å². The largest absolute Gasteiger partial charge is 0.480 e. The molecule has 0 spiro atoms. The predicted molar refractivity (Wildman–Crippen MR) is 157 cm³/mol. The molecule has 10 nitrogen and oxygen atoms in total. The number of nitrogens with zero attached hydrogens (tertiary/aromatic N) is 1. The molecule has 0 saturated carbocycles. The molecular weight excluding hydrogens is 656 g/mol. The molecule has 0 bridgehead atoms. The molecule has 48 heavy (non-hydrogen) atoms. The Morgan fingerprint density at radius 2 is 1.27 bits per heavy atom. The minimum absolute atomic E-state index is 0.0421. The van der Waals surface area contributed by atoms with Crippen LogP contribution in [0.5, 0.6) is 11.5 Å². The molecule has 0 fully saturated rings. The lowest BCUT2D eigenvalue weighted by atomic mass is 9.90. The van der Waals surface area contributed by atoms with Crippen molar-refractivity contribution in [2.45, 2.75) is 70.5 Å². The van der Waals surface area contributed by atoms with Crippen molar-refractivity contribution in [3.63, 3.8) is 0 Å². The van der Waals surface area contributed by atoms with Crippen LogP contribution in [0.15, 0.2) is 24.3 Å². The second-order valence-corrected chi connectivity index (χ2v) is 11.8. The third kappa shape index (κ3) is 8.20. The molecule has 1 amide bonds. The van der Waals surface area contributed by atoms with E-state index in [1.807, 2.05) is 0 Å². The number of amides is 1. The van der Waals surface area contributed by atoms with Crippen molar-refractivity contribution in [1.82, 2.24) is 0 Å². The van der Waals surface area contributed by atoms with Crippen molar-refractivity contribution in [2.75, 3.05) is 39.4 Å². The first-order chi connectivity index (χ1) is 22.1. The first kappa shape index (κ1) is 38.1. The Morgan fingerprint density at radius 1 is 0.771 bits per heavy atom. The first-order valence-corrected chi connectivity index (χ1v) is 14.5. The number of benzene rings is 2. The number of methoxy groups -OCH3 is 3. The number of hydrogen-bond donors (Lipinski definition) is 0. The molecule has 0 radical (unpaired) electrons. The second-order valence-electron chi connectivity index (χ2n) is 11.8. The Morgan fingerprint density at radius 3 is 1.77 bits per heavy atom. The molecule has 0 aliphatic carbocycles. The number of esters is 2. The maximum atomic E-state index is 13.4. The van der Waals surface area contributed by atoms with E-state index < -0.39 is 63.7 Å². The van der Waals surface area contributed by atoms with E-state index in [1.165, 1.54) is 32.6 Å². The van der Waals surface area contributed by atoms with Gasteiger partial charge in [0.05, 0.1) is 42.2 Å². The van der Waals surface area contributed by atoms with Gasteiger partial charge in [0.25, 0.3) is 5.91 Å². The van der Waals surface area contributed by atoms with Crippen LogP contribution in [-0.4, -0.2) is 69.3 Å². The molecule has 2 aliphatic rings. The third-order valence-electron chi connectivity index (χ3n) is 7.51. The molecular formula is C32H35F6NO9. The summed E-state index contributed by atoms with van der Waals surface area (Å²) in [6.45, 7) is 6.70. The van der Waals surface area contributed by atoms with Crippen LogP contribution in [0.2, 0.25) is 0 Å². The molecule has 0 saturated heterocycles. The highest BCUT2D eigenvalue weighted by molar-refractivity contribution is 6.04. The molecule has 2 heterocycles. The van der Waals surface area contributed by atoms with Crippen molar-refractivity contribution in [2.24, 2.45) is 0 Å². The average molecular weight is 692 g/mol. The van der Waals surface area contributed by atoms with Gasteiger partial charge in [-0.1, -0.05) is 0 Å². The van der Waals surface area contributed by atoms with E-state index in [0.29, 0.717) is 19.4 Å². The molecule has 2 aromatic rings. The zero-order chi connectivity index (χ0) is 36.4. The van der Waals surface area contributed by atoms with E-state index in [2.05, 4.69) is 9.47 Å². The fourth-order valence-corrected chi connectivity index (χ4v) is 4.95. The van der Waals surface area contributed by atoms with Crippen LogP contribution in [0.3, 0.4) is 0 Å². The average Bonchev–Trinajstić information content (AvgIpc) is 2.98. The zero-order valence-electron chi connectivity index (χ0n) is 27.2. The van der Waals surface area contributed by atoms with Gasteiger partial charge in [0.2, 0.25) is 0 Å². The van der Waals surface area contributed by atoms with Crippen LogP contribution in [-0.2, 0) is 42.6 Å². The van der Waals surface area contributed by atoms with Crippen molar-refractivity contribution in [3.05, 3.63) is 52.1 Å². The number of anilines is 1. The number of ketones is 1. The van der Waals surface area contributed by atoms with Gasteiger partial charge < -0.3 is 28.6 Å². The van der Waals surface area contributed by atoms with Crippen LogP contribution in [0.25, 0.3) is 0 Å². The van der Waals surface area contributed by atoms with E-state index in [4.69, 9.17) is 14.2 Å². The molecule has 0 aromatic heterocycles. The second kappa shape index (κ2) is 14.0. The number of carbonyl (C=O) groups is 4. The van der Waals surface area contributed by atoms with Gasteiger partial charge >= 0.3 is 24.3 Å². The van der Waals surface area contributed by atoms with E-state index in [1.54, 1.807) is 7.11 Å². The number of alkyl halides is 6. The Kier molecular flexibility index (Phi) is 11.1. The van der Waals surface area contributed by atoms with Crippen molar-refractivity contribution < 1.29 is 69.2 Å². The summed E-state index contributed by atoms with van der Waals surface area (Å²) in [6, 6.07) is 3.51. The highest BCUT2D eigenvalue weighted by atomic mass is 19.4. The number of carbonyl (C=O) groups excluding carboxylic acids is 4. The summed E-state index contributed by atoms with van der Waals surface area (Å²) in [4.78, 5) is 49.4. The molecule has 2 aliphatic heterocycles. The zero-order valence-corrected chi connectivity index (χ0v) is 27.2. The van der Waals surface area contributed by atoms with Gasteiger partial charge in [0.1, 0.15) is 11.5 Å². The predicted octanol–water partition coefficient (Wildman–Crippen LogP) is 6.20. The third-order valence-corrected chi connectivity index (χ3v) is 7.51. The Labute approximate surface area is 272 Å². The lowest BCUT2D eigenvalue weighted by Crippen LogP contribution is -2.53. The van der Waals surface area contributed by atoms with Crippen LogP contribution in [0.4, 0.5) is 32.0 Å². The lowest BCUT2D eigenvalue weighted by Gasteiger charge is -2.39. The van der Waals surface area contributed by atoms with Crippen molar-refractivity contribution in [1.29, 1.82) is 0 Å². The van der Waals surface area contributed by atoms with Crippen LogP contribution in [0.1, 0.15) is 77.9 Å². The van der Waals surface area contributed by atoms with E-state index in [-0.39, 0.29) is 41.5 Å². The lowest BCUT2D eigenvalue weighted by molar-refractivity contribution is -0.139. The molecule has 0 unspecified atom stereocenters. The number of rotatable bonds is 7. The Bertz CT molecular complexity index is 1580. The summed E-state index contributed by atoms with van der Waals surface area (Å²) in [5, 5.41) is 0. The first-order valence-electron chi connectivity index (χ1n) is 14.5. The summed E-state index contributed by atoms with van der Waals surface area (Å²) in [5.74, 6) is -3.07. The van der Waals surface area contributed by atoms with Gasteiger partial charge in [-0.3, -0.25) is 9.59 Å². The minimum Gasteiger partial charge on any atom is -0.480 e. The molecule has 4 rings (SSSR count). The maximum absolute atomic E-state index is 13.4. The van der Waals surface area contributed by atoms with Gasteiger partial charge in [-0.15, -0.1) is 0 Å². The minimum atomic E-state index is -4.78. The smallest absolute Gasteiger partial charge is 0.417 e. The molecule has 16 heteroatoms. The number of Topliss-reactive ketones (excluding diaryl/α,β-unsaturated/α-hetero) is 1. The molecule has 2 aromatic carbocycles. The molecule has 264 valence electrons. The molecule has 0 atom stereocenters. The summed E-state index contributed by atoms with van der Waals surface area (Å²) in [7, 11) is 3.54. The number of hydrogen-bond acceptors (Lipinski definition) is 9. The standard InChI is InChI=1S/C18H22F3NO5.C14H13F3O4/c1-17(2)16(24)22(7-5-6-8-25-3)13-9-11(15(23)26-4)12(18(19,20)21)10-14(13)27-17;1-13(2)11(18)5-7-4-8(12(19)20-3)9(14(15,16)17)6-10(7)21-13/h9-10H,5-8H2,1-4H3;4,6H,5H2,1-3H3. The van der Waals surface area contributed by atoms with Gasteiger partial charge in [-0.05, 0) is 64.8 Å². The number of halogens is 6.